The van der Waals surface area contributed by atoms with Gasteiger partial charge in [0, 0.05) is 24.5 Å². The number of aromatic carboxylic acids is 1. The van der Waals surface area contributed by atoms with Crippen LogP contribution in [-0.4, -0.2) is 39.5 Å². The molecule has 0 saturated heterocycles. The summed E-state index contributed by atoms with van der Waals surface area (Å²) in [7, 11) is 0. The molecule has 5 N–H and O–H groups in total. The van der Waals surface area contributed by atoms with Crippen LogP contribution in [0.1, 0.15) is 27.6 Å². The third kappa shape index (κ3) is 5.27. The highest BCUT2D eigenvalue weighted by molar-refractivity contribution is 7.22. The summed E-state index contributed by atoms with van der Waals surface area (Å²) in [4.78, 5) is 44.7. The summed E-state index contributed by atoms with van der Waals surface area (Å²) in [6.45, 7) is 2.25. The van der Waals surface area contributed by atoms with Crippen LogP contribution in [0.2, 0.25) is 0 Å². The van der Waals surface area contributed by atoms with Gasteiger partial charge in [-0.1, -0.05) is 29.5 Å². The van der Waals surface area contributed by atoms with Crippen LogP contribution in [0.5, 0.6) is 0 Å². The van der Waals surface area contributed by atoms with Gasteiger partial charge in [-0.2, -0.15) is 0 Å². The number of carbonyl (C=O) groups is 3. The molecule has 0 atom stereocenters. The van der Waals surface area contributed by atoms with Crippen molar-refractivity contribution in [3.63, 3.8) is 0 Å². The van der Waals surface area contributed by atoms with Crippen molar-refractivity contribution >= 4 is 61.8 Å². The number of anilines is 4. The molecule has 0 aliphatic rings. The highest BCUT2D eigenvalue weighted by Crippen LogP contribution is 2.29. The van der Waals surface area contributed by atoms with Gasteiger partial charge in [-0.05, 0) is 37.3 Å². The van der Waals surface area contributed by atoms with E-state index >= 15 is 0 Å². The fraction of sp³-hybridized carbons (Fsp3) is 0.0870. The second-order valence-corrected chi connectivity index (χ2v) is 8.08. The van der Waals surface area contributed by atoms with Crippen LogP contribution >= 0.6 is 11.3 Å². The fourth-order valence-electron chi connectivity index (χ4n) is 3.08. The Morgan fingerprint density at radius 3 is 2.56 bits per heavy atom. The predicted molar refractivity (Wildman–Crippen MR) is 131 cm³/mol. The molecule has 0 aliphatic heterocycles. The van der Waals surface area contributed by atoms with E-state index in [1.807, 2.05) is 30.3 Å². The summed E-state index contributed by atoms with van der Waals surface area (Å²) >= 11 is 1.17. The summed E-state index contributed by atoms with van der Waals surface area (Å²) in [5, 5.41) is 20.7. The molecule has 11 heteroatoms. The minimum atomic E-state index is -1.04. The van der Waals surface area contributed by atoms with Crippen molar-refractivity contribution in [1.82, 2.24) is 15.3 Å². The molecule has 34 heavy (non-hydrogen) atoms. The summed E-state index contributed by atoms with van der Waals surface area (Å²) in [6.07, 6.45) is 1.36. The molecular formula is C23H20N6O4S. The first-order valence-electron chi connectivity index (χ1n) is 10.2. The zero-order chi connectivity index (χ0) is 24.1. The topological polar surface area (TPSA) is 145 Å². The Hall–Kier alpha value is -4.51. The van der Waals surface area contributed by atoms with Gasteiger partial charge in [-0.3, -0.25) is 15.4 Å². The van der Waals surface area contributed by atoms with E-state index in [1.165, 1.54) is 29.7 Å². The maximum absolute atomic E-state index is 13.1. The number of rotatable bonds is 7. The average molecular weight is 477 g/mol. The normalized spacial score (nSPS) is 10.5. The quantitative estimate of drug-likeness (QED) is 0.263. The number of nitrogens with zero attached hydrogens (tertiary/aromatic N) is 2. The van der Waals surface area contributed by atoms with Gasteiger partial charge in [0.25, 0.3) is 5.91 Å². The fourth-order valence-corrected chi connectivity index (χ4v) is 3.98. The lowest BCUT2D eigenvalue weighted by Crippen LogP contribution is -2.28. The Bertz CT molecular complexity index is 1370. The third-order valence-corrected chi connectivity index (χ3v) is 5.57. The van der Waals surface area contributed by atoms with E-state index in [2.05, 4.69) is 31.2 Å². The molecule has 0 radical (unpaired) electrons. The van der Waals surface area contributed by atoms with E-state index in [-0.39, 0.29) is 16.9 Å². The third-order valence-electron chi connectivity index (χ3n) is 4.64. The molecule has 0 unspecified atom stereocenters. The molecular weight excluding hydrogens is 456 g/mol. The predicted octanol–water partition coefficient (Wildman–Crippen LogP) is 4.53. The van der Waals surface area contributed by atoms with Gasteiger partial charge in [-0.25, -0.2) is 19.6 Å². The largest absolute Gasteiger partial charge is 0.478 e. The van der Waals surface area contributed by atoms with E-state index < -0.39 is 17.9 Å². The lowest BCUT2D eigenvalue weighted by atomic mass is 10.2. The van der Waals surface area contributed by atoms with E-state index in [0.29, 0.717) is 27.6 Å². The molecule has 2 aromatic carbocycles. The van der Waals surface area contributed by atoms with Crippen molar-refractivity contribution in [3.05, 3.63) is 71.9 Å². The van der Waals surface area contributed by atoms with Gasteiger partial charge in [0.1, 0.15) is 5.82 Å². The van der Waals surface area contributed by atoms with Crippen LogP contribution in [0, 0.1) is 0 Å². The van der Waals surface area contributed by atoms with Gasteiger partial charge < -0.3 is 15.7 Å². The number of fused-ring (bicyclic) bond motifs is 1. The first-order chi connectivity index (χ1) is 16.4. The summed E-state index contributed by atoms with van der Waals surface area (Å²) in [6, 6.07) is 15.0. The highest BCUT2D eigenvalue weighted by Gasteiger charge is 2.17. The van der Waals surface area contributed by atoms with Crippen LogP contribution < -0.4 is 21.3 Å². The van der Waals surface area contributed by atoms with E-state index in [9.17, 15) is 19.5 Å². The smallest absolute Gasteiger partial charge is 0.335 e. The van der Waals surface area contributed by atoms with Crippen molar-refractivity contribution in [2.75, 3.05) is 22.5 Å². The molecule has 0 bridgehead atoms. The van der Waals surface area contributed by atoms with Crippen molar-refractivity contribution in [2.24, 2.45) is 0 Å². The first-order valence-corrected chi connectivity index (χ1v) is 11.1. The van der Waals surface area contributed by atoms with Gasteiger partial charge in [0.15, 0.2) is 5.13 Å². The van der Waals surface area contributed by atoms with Crippen molar-refractivity contribution in [3.8, 4) is 0 Å². The molecule has 0 saturated carbocycles. The Balaban J connectivity index is 1.62. The number of thiazole rings is 1. The Kier molecular flexibility index (Phi) is 6.64. The number of benzene rings is 2. The molecule has 3 amide bonds. The van der Waals surface area contributed by atoms with E-state index in [4.69, 9.17) is 0 Å². The van der Waals surface area contributed by atoms with Crippen LogP contribution in [0.3, 0.4) is 0 Å². The molecule has 0 spiro atoms. The second-order valence-electron chi connectivity index (χ2n) is 7.05. The number of carboxylic acid groups (broad SMARTS) is 1. The van der Waals surface area contributed by atoms with Crippen LogP contribution in [0.4, 0.5) is 27.1 Å². The number of pyridine rings is 1. The number of carbonyl (C=O) groups excluding carboxylic acids is 2. The number of hydrogen-bond donors (Lipinski definition) is 5. The lowest BCUT2D eigenvalue weighted by molar-refractivity contribution is 0.0696. The summed E-state index contributed by atoms with van der Waals surface area (Å²) in [5.74, 6) is -1.24. The Morgan fingerprint density at radius 1 is 1.03 bits per heavy atom. The number of amides is 3. The van der Waals surface area contributed by atoms with Gasteiger partial charge in [0.05, 0.1) is 27.0 Å². The van der Waals surface area contributed by atoms with Crippen LogP contribution in [0.15, 0.2) is 60.8 Å². The minimum Gasteiger partial charge on any atom is -0.478 e. The second kappa shape index (κ2) is 9.96. The van der Waals surface area contributed by atoms with Crippen molar-refractivity contribution in [1.29, 1.82) is 0 Å². The summed E-state index contributed by atoms with van der Waals surface area (Å²) in [5.41, 5.74) is 2.12. The van der Waals surface area contributed by atoms with Crippen molar-refractivity contribution < 1.29 is 19.5 Å². The molecule has 4 aromatic rings. The van der Waals surface area contributed by atoms with E-state index in [1.54, 1.807) is 19.1 Å². The monoisotopic (exact) mass is 476 g/mol. The number of hydrogen-bond acceptors (Lipinski definition) is 7. The van der Waals surface area contributed by atoms with Gasteiger partial charge in [-0.15, -0.1) is 0 Å². The number of para-hydroxylation sites is 1. The van der Waals surface area contributed by atoms with Crippen LogP contribution in [-0.2, 0) is 0 Å². The molecule has 4 rings (SSSR count). The zero-order valence-corrected chi connectivity index (χ0v) is 18.8. The number of aromatic nitrogens is 2. The summed E-state index contributed by atoms with van der Waals surface area (Å²) < 4.78 is 0.637. The lowest BCUT2D eigenvalue weighted by Gasteiger charge is -2.13. The van der Waals surface area contributed by atoms with E-state index in [0.717, 1.165) is 5.69 Å². The maximum atomic E-state index is 13.1. The average Bonchev–Trinajstić information content (AvgIpc) is 3.21. The highest BCUT2D eigenvalue weighted by atomic mass is 32.1. The molecule has 2 aromatic heterocycles. The Labute approximate surface area is 198 Å². The SMILES string of the molecule is CCNC(=O)Nc1cc(Nc2ccccc2)c(C(=O)Nc2nc3ccc(C(=O)O)cc3s2)cn1. The molecule has 10 nitrogen and oxygen atoms in total. The number of nitrogens with one attached hydrogen (secondary N) is 4. The standard InChI is InChI=1S/C23H20N6O4S/c1-2-24-22(33)28-19-11-17(26-14-6-4-3-5-7-14)15(12-25-19)20(30)29-23-27-16-9-8-13(21(31)32)10-18(16)34-23/h3-12H,2H2,1H3,(H,31,32)(H,27,29,30)(H3,24,25,26,28,33). The van der Waals surface area contributed by atoms with Gasteiger partial charge >= 0.3 is 12.0 Å². The molecule has 0 fully saturated rings. The minimum absolute atomic E-state index is 0.141. The first kappa shape index (κ1) is 22.7. The Morgan fingerprint density at radius 2 is 1.82 bits per heavy atom. The number of urea groups is 1. The maximum Gasteiger partial charge on any atom is 0.335 e. The zero-order valence-electron chi connectivity index (χ0n) is 18.0. The van der Waals surface area contributed by atoms with Crippen molar-refractivity contribution in [2.45, 2.75) is 6.92 Å². The molecule has 0 aliphatic carbocycles. The number of carboxylic acids is 1. The molecule has 2 heterocycles. The van der Waals surface area contributed by atoms with Crippen LogP contribution in [0.25, 0.3) is 10.2 Å². The van der Waals surface area contributed by atoms with Gasteiger partial charge in [0.2, 0.25) is 0 Å². The molecule has 172 valence electrons.